The molecule has 0 saturated carbocycles. The van der Waals surface area contributed by atoms with Gasteiger partial charge in [0.2, 0.25) is 0 Å². The highest BCUT2D eigenvalue weighted by molar-refractivity contribution is 8.03. The molecule has 4 nitrogen and oxygen atoms in total. The third-order valence-corrected chi connectivity index (χ3v) is 8.26. The van der Waals surface area contributed by atoms with E-state index in [1.54, 1.807) is 11.8 Å². The number of rotatable bonds is 5. The molecule has 194 valence electrons. The van der Waals surface area contributed by atoms with Crippen LogP contribution < -0.4 is 21.5 Å². The molecule has 0 fully saturated rings. The van der Waals surface area contributed by atoms with Crippen LogP contribution in [0.1, 0.15) is 22.3 Å². The molecule has 6 N–H and O–H groups in total. The molecule has 0 spiro atoms. The minimum absolute atomic E-state index is 0.261. The summed E-state index contributed by atoms with van der Waals surface area (Å²) in [4.78, 5) is 0. The minimum atomic E-state index is 0.261. The van der Waals surface area contributed by atoms with Crippen molar-refractivity contribution in [2.45, 2.75) is 25.9 Å². The minimum Gasteiger partial charge on any atom is -0.394 e. The van der Waals surface area contributed by atoms with Gasteiger partial charge in [-0.3, -0.25) is 5.14 Å². The van der Waals surface area contributed by atoms with E-state index in [4.69, 9.17) is 10.9 Å². The number of benzene rings is 2. The van der Waals surface area contributed by atoms with Crippen LogP contribution in [0.15, 0.2) is 108 Å². The van der Waals surface area contributed by atoms with Gasteiger partial charge in [-0.2, -0.15) is 0 Å². The topological polar surface area (TPSA) is 76.1 Å². The van der Waals surface area contributed by atoms with Crippen molar-refractivity contribution in [3.05, 3.63) is 130 Å². The Balaban J connectivity index is 0.000000156. The summed E-state index contributed by atoms with van der Waals surface area (Å²) in [5.41, 5.74) is 18.6. The van der Waals surface area contributed by atoms with E-state index in [0.29, 0.717) is 5.03 Å². The van der Waals surface area contributed by atoms with E-state index in [0.717, 1.165) is 11.5 Å². The SMILES string of the molecule is C=C(N)SCC1=C2C=CC=CC2Nc2ccc(C)cc21.Cc1ccc2c(c1)C(CSN)=C1C=CC=CC1N2. The van der Waals surface area contributed by atoms with Gasteiger partial charge in [-0.1, -0.05) is 90.4 Å². The molecule has 2 aliphatic carbocycles. The molecule has 0 amide bonds. The molecule has 0 aromatic heterocycles. The second-order valence-corrected chi connectivity index (χ2v) is 11.5. The fraction of sp³-hybridized carbons (Fsp3) is 0.188. The summed E-state index contributed by atoms with van der Waals surface area (Å²) in [6.07, 6.45) is 17.1. The van der Waals surface area contributed by atoms with Gasteiger partial charge < -0.3 is 16.4 Å². The Hall–Kier alpha value is -3.32. The summed E-state index contributed by atoms with van der Waals surface area (Å²) in [5.74, 6) is 1.71. The lowest BCUT2D eigenvalue weighted by Gasteiger charge is -2.31. The Morgan fingerprint density at radius 2 is 1.29 bits per heavy atom. The van der Waals surface area contributed by atoms with Gasteiger partial charge in [0.15, 0.2) is 0 Å². The van der Waals surface area contributed by atoms with Crippen LogP contribution in [-0.4, -0.2) is 23.6 Å². The maximum absolute atomic E-state index is 5.73. The van der Waals surface area contributed by atoms with Crippen molar-refractivity contribution in [1.82, 2.24) is 0 Å². The fourth-order valence-corrected chi connectivity index (χ4v) is 6.34. The smallest absolute Gasteiger partial charge is 0.0704 e. The molecule has 38 heavy (non-hydrogen) atoms. The van der Waals surface area contributed by atoms with Gasteiger partial charge in [0.1, 0.15) is 0 Å². The van der Waals surface area contributed by atoms with Crippen LogP contribution >= 0.6 is 23.7 Å². The zero-order chi connectivity index (χ0) is 26.6. The Bertz CT molecular complexity index is 1440. The van der Waals surface area contributed by atoms with E-state index in [-0.39, 0.29) is 12.1 Å². The average molecular weight is 539 g/mol. The maximum atomic E-state index is 5.73. The van der Waals surface area contributed by atoms with Gasteiger partial charge >= 0.3 is 0 Å². The average Bonchev–Trinajstić information content (AvgIpc) is 2.92. The molecule has 2 atom stereocenters. The summed E-state index contributed by atoms with van der Waals surface area (Å²) >= 11 is 2.99. The quantitative estimate of drug-likeness (QED) is 0.304. The van der Waals surface area contributed by atoms with E-state index in [1.165, 1.54) is 67.9 Å². The van der Waals surface area contributed by atoms with E-state index in [9.17, 15) is 0 Å². The molecule has 0 bridgehead atoms. The van der Waals surface area contributed by atoms with Crippen LogP contribution in [0, 0.1) is 13.8 Å². The summed E-state index contributed by atoms with van der Waals surface area (Å²) in [7, 11) is 0. The van der Waals surface area contributed by atoms with Gasteiger partial charge in [0, 0.05) is 34.0 Å². The Morgan fingerprint density at radius 1 is 0.789 bits per heavy atom. The van der Waals surface area contributed by atoms with Crippen LogP contribution in [0.25, 0.3) is 11.1 Å². The van der Waals surface area contributed by atoms with Gasteiger partial charge in [0.05, 0.1) is 17.1 Å². The van der Waals surface area contributed by atoms with E-state index < -0.39 is 0 Å². The number of fused-ring (bicyclic) bond motifs is 4. The van der Waals surface area contributed by atoms with E-state index in [1.807, 2.05) is 0 Å². The zero-order valence-electron chi connectivity index (χ0n) is 21.8. The van der Waals surface area contributed by atoms with Crippen LogP contribution in [0.4, 0.5) is 11.4 Å². The Kier molecular flexibility index (Phi) is 8.03. The fourth-order valence-electron chi connectivity index (χ4n) is 5.20. The number of thioether (sulfide) groups is 1. The van der Waals surface area contributed by atoms with Crippen molar-refractivity contribution in [1.29, 1.82) is 0 Å². The van der Waals surface area contributed by atoms with Crippen LogP contribution in [-0.2, 0) is 0 Å². The summed E-state index contributed by atoms with van der Waals surface area (Å²) in [6.45, 7) is 8.04. The lowest BCUT2D eigenvalue weighted by Crippen LogP contribution is -2.26. The highest BCUT2D eigenvalue weighted by atomic mass is 32.2. The summed E-state index contributed by atoms with van der Waals surface area (Å²) in [5, 5.41) is 13.5. The predicted molar refractivity (Wildman–Crippen MR) is 170 cm³/mol. The van der Waals surface area contributed by atoms with Crippen LogP contribution in [0.3, 0.4) is 0 Å². The number of nitrogens with two attached hydrogens (primary N) is 2. The third kappa shape index (κ3) is 5.58. The first-order valence-electron chi connectivity index (χ1n) is 12.7. The number of anilines is 2. The number of allylic oxidation sites excluding steroid dienone is 4. The molecule has 2 aromatic rings. The maximum Gasteiger partial charge on any atom is 0.0704 e. The van der Waals surface area contributed by atoms with Crippen molar-refractivity contribution in [2.24, 2.45) is 10.9 Å². The van der Waals surface area contributed by atoms with Crippen molar-refractivity contribution < 1.29 is 0 Å². The monoisotopic (exact) mass is 538 g/mol. The second-order valence-electron chi connectivity index (χ2n) is 9.76. The Labute approximate surface area is 234 Å². The lowest BCUT2D eigenvalue weighted by atomic mass is 9.87. The molecular weight excluding hydrogens is 505 g/mol. The van der Waals surface area contributed by atoms with Crippen LogP contribution in [0.5, 0.6) is 0 Å². The van der Waals surface area contributed by atoms with Gasteiger partial charge in [-0.15, -0.1) is 11.8 Å². The highest BCUT2D eigenvalue weighted by Crippen LogP contribution is 2.39. The Morgan fingerprint density at radius 3 is 1.76 bits per heavy atom. The molecule has 0 radical (unpaired) electrons. The predicted octanol–water partition coefficient (Wildman–Crippen LogP) is 7.11. The van der Waals surface area contributed by atoms with Gasteiger partial charge in [-0.25, -0.2) is 0 Å². The first-order valence-corrected chi connectivity index (χ1v) is 14.8. The molecule has 0 saturated heterocycles. The molecule has 2 heterocycles. The molecule has 2 aromatic carbocycles. The van der Waals surface area contributed by atoms with E-state index >= 15 is 0 Å². The number of aryl methyl sites for hydroxylation is 2. The second kappa shape index (κ2) is 11.6. The first kappa shape index (κ1) is 26.3. The first-order chi connectivity index (χ1) is 18.4. The highest BCUT2D eigenvalue weighted by Gasteiger charge is 2.25. The van der Waals surface area contributed by atoms with Crippen molar-refractivity contribution in [3.63, 3.8) is 0 Å². The normalized spacial score (nSPS) is 19.9. The van der Waals surface area contributed by atoms with Crippen molar-refractivity contribution >= 4 is 46.2 Å². The van der Waals surface area contributed by atoms with Gasteiger partial charge in [-0.05, 0) is 60.4 Å². The van der Waals surface area contributed by atoms with E-state index in [2.05, 4.69) is 116 Å². The lowest BCUT2D eigenvalue weighted by molar-refractivity contribution is 1.02. The standard InChI is InChI=1S/C17H18N2S.C15H16N2S/c1-11-7-8-17-14(9-11)15(10-20-12(2)18)13-5-3-4-6-16(13)19-17;1-10-6-7-15-12(8-10)13(9-18-16)11-4-2-3-5-14(11)17-15/h3-9,16,19H,2,10,18H2,1H3;2-8,14,17H,9,16H2,1H3. The molecule has 4 aliphatic rings. The molecular formula is C32H34N4S2. The van der Waals surface area contributed by atoms with Crippen molar-refractivity contribution in [3.8, 4) is 0 Å². The number of hydrogen-bond acceptors (Lipinski definition) is 6. The largest absolute Gasteiger partial charge is 0.394 e. The molecule has 6 heteroatoms. The van der Waals surface area contributed by atoms with Gasteiger partial charge in [0.25, 0.3) is 0 Å². The number of hydrogen-bond donors (Lipinski definition) is 4. The molecule has 2 unspecified atom stereocenters. The summed E-state index contributed by atoms with van der Waals surface area (Å²) in [6, 6.07) is 13.6. The zero-order valence-corrected chi connectivity index (χ0v) is 23.5. The third-order valence-electron chi connectivity index (χ3n) is 7.00. The molecule has 2 aliphatic heterocycles. The van der Waals surface area contributed by atoms with Crippen LogP contribution in [0.2, 0.25) is 0 Å². The van der Waals surface area contributed by atoms with Crippen molar-refractivity contribution in [2.75, 3.05) is 22.1 Å². The molecule has 6 rings (SSSR count). The summed E-state index contributed by atoms with van der Waals surface area (Å²) < 4.78 is 0. The number of nitrogens with one attached hydrogen (secondary N) is 2.